The van der Waals surface area contributed by atoms with Gasteiger partial charge in [-0.15, -0.1) is 0 Å². The molecule has 0 aromatic rings. The van der Waals surface area contributed by atoms with E-state index < -0.39 is 0 Å². The van der Waals surface area contributed by atoms with E-state index >= 15 is 0 Å². The Labute approximate surface area is 90.8 Å². The van der Waals surface area contributed by atoms with Crippen molar-refractivity contribution >= 4 is 47.5 Å². The molecule has 0 unspecified atom stereocenters. The van der Waals surface area contributed by atoms with E-state index in [9.17, 15) is 0 Å². The van der Waals surface area contributed by atoms with Gasteiger partial charge in [0.25, 0.3) is 0 Å². The molecule has 10 heavy (non-hydrogen) atoms. The summed E-state index contributed by atoms with van der Waals surface area (Å²) in [6.45, 7) is 0. The molecule has 10 heteroatoms. The van der Waals surface area contributed by atoms with Gasteiger partial charge in [-0.25, -0.2) is 0 Å². The monoisotopic (exact) mass is 328 g/mol. The van der Waals surface area contributed by atoms with Gasteiger partial charge in [0.05, 0.1) is 47.5 Å². The summed E-state index contributed by atoms with van der Waals surface area (Å²) in [5, 5.41) is 0. The Morgan fingerprint density at radius 2 is 0.500 bits per heavy atom. The second-order valence-corrected chi connectivity index (χ2v) is 0. The first-order valence-corrected chi connectivity index (χ1v) is 2.03. The van der Waals surface area contributed by atoms with Crippen molar-refractivity contribution in [1.82, 2.24) is 0 Å². The van der Waals surface area contributed by atoms with Gasteiger partial charge in [0.2, 0.25) is 0 Å². The molecule has 0 aliphatic carbocycles. The Morgan fingerprint density at radius 1 is 0.500 bits per heavy atom. The summed E-state index contributed by atoms with van der Waals surface area (Å²) in [6, 6.07) is 0. The maximum absolute atomic E-state index is 6.47. The average Bonchev–Trinajstić information content (AvgIpc) is 2.03. The molecule has 0 aromatic heterocycles. The zero-order chi connectivity index (χ0) is 8.00. The molecule has 0 bridgehead atoms. The molecule has 72 valence electrons. The smallest absolute Gasteiger partial charge is 0.0579 e. The molecule has 5 nitrogen and oxygen atoms in total. The van der Waals surface area contributed by atoms with E-state index in [0.717, 1.165) is 0 Å². The summed E-state index contributed by atoms with van der Waals surface area (Å²) < 4.78 is 25.9. The predicted octanol–water partition coefficient (Wildman–Crippen LogP) is -0.297. The third-order valence-corrected chi connectivity index (χ3v) is 0. The maximum Gasteiger partial charge on any atom is 0.0579 e. The Balaban J connectivity index is -0.00000000500. The van der Waals surface area contributed by atoms with Crippen LogP contribution in [0.4, 0.5) is 0 Å². The van der Waals surface area contributed by atoms with Gasteiger partial charge >= 0.3 is 0 Å². The molecule has 6 N–H and O–H groups in total. The Hall–Kier alpha value is 1.58. The van der Waals surface area contributed by atoms with E-state index in [1.807, 2.05) is 0 Å². The fourth-order valence-electron chi connectivity index (χ4n) is 0. The number of hydrogen-bond donors (Lipinski definition) is 4. The molecule has 0 saturated heterocycles. The van der Waals surface area contributed by atoms with Crippen LogP contribution in [0.15, 0.2) is 0 Å². The Bertz CT molecular complexity index is 13.6. The van der Waals surface area contributed by atoms with Crippen molar-refractivity contribution in [2.75, 3.05) is 0 Å². The summed E-state index contributed by atoms with van der Waals surface area (Å²) >= 11 is 14.6. The first kappa shape index (κ1) is 41.6. The summed E-state index contributed by atoms with van der Waals surface area (Å²) in [4.78, 5) is 0. The van der Waals surface area contributed by atoms with Gasteiger partial charge in [0, 0.05) is 19.5 Å². The second-order valence-electron chi connectivity index (χ2n) is 0. The second kappa shape index (κ2) is 388. The van der Waals surface area contributed by atoms with Crippen molar-refractivity contribution in [3.05, 3.63) is 0 Å². The average molecular weight is 329 g/mol. The number of rotatable bonds is 0. The fraction of sp³-hybridized carbons (Fsp3) is 0. The van der Waals surface area contributed by atoms with Crippen LogP contribution in [-0.2, 0) is 19.5 Å². The van der Waals surface area contributed by atoms with E-state index in [1.165, 1.54) is 0 Å². The topological polar surface area (TPSA) is 112 Å². The van der Waals surface area contributed by atoms with Gasteiger partial charge in [0.1, 0.15) is 0 Å². The third-order valence-electron chi connectivity index (χ3n) is 0. The van der Waals surface area contributed by atoms with Crippen LogP contribution in [-0.4, -0.2) is 24.1 Å². The van der Waals surface area contributed by atoms with Crippen LogP contribution >= 0.6 is 47.5 Å². The Morgan fingerprint density at radius 3 is 0.500 bits per heavy atom. The molecule has 0 heterocycles. The molecule has 0 spiro atoms. The van der Waals surface area contributed by atoms with E-state index in [4.69, 9.17) is 18.6 Å². The summed E-state index contributed by atoms with van der Waals surface area (Å²) in [5.41, 5.74) is 0. The zero-order valence-electron chi connectivity index (χ0n) is 4.15. The van der Waals surface area contributed by atoms with Gasteiger partial charge in [0.15, 0.2) is 0 Å². The van der Waals surface area contributed by atoms with Crippen molar-refractivity contribution in [3.8, 4) is 0 Å². The summed E-state index contributed by atoms with van der Waals surface area (Å²) in [5.74, 6) is 0. The van der Waals surface area contributed by atoms with Gasteiger partial charge < -0.3 is 5.48 Å². The van der Waals surface area contributed by atoms with Crippen molar-refractivity contribution < 1.29 is 43.6 Å². The van der Waals surface area contributed by atoms with Crippen molar-refractivity contribution in [1.29, 1.82) is 0 Å². The van der Waals surface area contributed by atoms with Crippen LogP contribution in [0.3, 0.4) is 0 Å². The van der Waals surface area contributed by atoms with E-state index in [1.54, 1.807) is 0 Å². The largest absolute Gasteiger partial charge is 0.412 e. The molecule has 0 atom stereocenters. The van der Waals surface area contributed by atoms with Gasteiger partial charge in [-0.05, 0) is 0 Å². The van der Waals surface area contributed by atoms with Crippen LogP contribution in [0.25, 0.3) is 0 Å². The first-order chi connectivity index (χ1) is 4.00. The van der Waals surface area contributed by atoms with Crippen molar-refractivity contribution in [3.63, 3.8) is 0 Å². The quantitative estimate of drug-likeness (QED) is 0.457. The molecule has 0 aliphatic heterocycles. The van der Waals surface area contributed by atoms with Crippen LogP contribution in [0.5, 0.6) is 0 Å². The van der Waals surface area contributed by atoms with Crippen molar-refractivity contribution in [2.24, 2.45) is 0 Å². The van der Waals surface area contributed by atoms with Gasteiger partial charge in [-0.1, -0.05) is 0 Å². The summed E-state index contributed by atoms with van der Waals surface area (Å²) in [6.07, 6.45) is 0. The first-order valence-electron chi connectivity index (χ1n) is 0.676. The minimum absolute atomic E-state index is 0. The zero-order valence-corrected chi connectivity index (χ0v) is 8.92. The minimum Gasteiger partial charge on any atom is -0.412 e. The minimum atomic E-state index is 0. The number of halogens is 4. The molecular weight excluding hydrogens is 323 g/mol. The van der Waals surface area contributed by atoms with E-state index in [-0.39, 0.29) is 25.0 Å². The molecule has 0 aliphatic rings. The predicted molar refractivity (Wildman–Crippen MR) is 35.9 cm³/mol. The molecule has 0 amide bonds. The number of hydrogen-bond acceptors (Lipinski definition) is 4. The van der Waals surface area contributed by atoms with Crippen LogP contribution in [0, 0.1) is 0 Å². The van der Waals surface area contributed by atoms with Crippen molar-refractivity contribution in [2.45, 2.75) is 0 Å². The standard InChI is InChI=1S/4ClHO.H2O.Ru/c4*1-2;;/h4*2H;1H2;. The molecule has 0 fully saturated rings. The normalized spacial score (nSPS) is 2.40. The van der Waals surface area contributed by atoms with E-state index in [0.29, 0.717) is 0 Å². The van der Waals surface area contributed by atoms with Gasteiger partial charge in [-0.3, -0.25) is 18.6 Å². The molecule has 0 aromatic carbocycles. The molecular formula is H6Cl4O5Ru. The van der Waals surface area contributed by atoms with Crippen LogP contribution < -0.4 is 0 Å². The molecule has 0 rings (SSSR count). The molecule has 0 saturated carbocycles. The fourth-order valence-corrected chi connectivity index (χ4v) is 0. The molecule has 0 radical (unpaired) electrons. The van der Waals surface area contributed by atoms with Crippen LogP contribution in [0.2, 0.25) is 0 Å². The van der Waals surface area contributed by atoms with Gasteiger partial charge in [-0.2, -0.15) is 0 Å². The maximum atomic E-state index is 6.47. The SMILES string of the molecule is O.OCl.OCl.OCl.OCl.[Ru]. The third kappa shape index (κ3) is 282. The van der Waals surface area contributed by atoms with E-state index in [2.05, 4.69) is 47.5 Å². The Kier molecular flexibility index (Phi) is 1610. The van der Waals surface area contributed by atoms with Crippen LogP contribution in [0.1, 0.15) is 0 Å². The summed E-state index contributed by atoms with van der Waals surface area (Å²) in [7, 11) is 0.